The van der Waals surface area contributed by atoms with Gasteiger partial charge in [-0.3, -0.25) is 4.79 Å². The highest BCUT2D eigenvalue weighted by molar-refractivity contribution is 7.99. The molecule has 0 saturated heterocycles. The van der Waals surface area contributed by atoms with Gasteiger partial charge in [0, 0.05) is 16.4 Å². The lowest BCUT2D eigenvalue weighted by Gasteiger charge is -2.04. The van der Waals surface area contributed by atoms with Crippen molar-refractivity contribution >= 4 is 23.4 Å². The smallest absolute Gasteiger partial charge is 0.311 e. The van der Waals surface area contributed by atoms with Crippen LogP contribution in [-0.4, -0.2) is 24.0 Å². The van der Waals surface area contributed by atoms with Gasteiger partial charge in [-0.1, -0.05) is 18.2 Å². The number of benzene rings is 1. The molecule has 0 amide bonds. The van der Waals surface area contributed by atoms with E-state index in [1.54, 1.807) is 18.7 Å². The summed E-state index contributed by atoms with van der Waals surface area (Å²) < 4.78 is 5.00. The Kier molecular flexibility index (Phi) is 6.40. The molecule has 4 heteroatoms. The van der Waals surface area contributed by atoms with Gasteiger partial charge >= 0.3 is 5.97 Å². The Morgan fingerprint density at radius 2 is 2.06 bits per heavy atom. The first-order valence-electron chi connectivity index (χ1n) is 5.56. The topological polar surface area (TPSA) is 50.2 Å². The van der Waals surface area contributed by atoms with E-state index in [2.05, 4.69) is 12.1 Å². The fourth-order valence-corrected chi connectivity index (χ4v) is 2.07. The van der Waals surface area contributed by atoms with Crippen molar-refractivity contribution < 1.29 is 9.53 Å². The number of ether oxygens (including phenoxy) is 1. The van der Waals surface area contributed by atoms with Crippen LogP contribution in [0.25, 0.3) is 0 Å². The van der Waals surface area contributed by atoms with E-state index < -0.39 is 0 Å². The van der Waals surface area contributed by atoms with Crippen molar-refractivity contribution in [3.8, 4) is 0 Å². The normalized spacial score (nSPS) is 9.94. The molecule has 1 aromatic rings. The maximum absolute atomic E-state index is 11.1. The maximum Gasteiger partial charge on any atom is 0.311 e. The highest BCUT2D eigenvalue weighted by atomic mass is 32.2. The van der Waals surface area contributed by atoms with Crippen molar-refractivity contribution in [2.24, 2.45) is 0 Å². The van der Waals surface area contributed by atoms with Gasteiger partial charge in [-0.25, -0.2) is 0 Å². The molecule has 3 nitrogen and oxygen atoms in total. The minimum absolute atomic E-state index is 0.103. The number of hydrogen-bond acceptors (Lipinski definition) is 4. The summed E-state index contributed by atoms with van der Waals surface area (Å²) in [5.74, 6) is 0.628. The molecule has 0 radical (unpaired) electrons. The van der Waals surface area contributed by atoms with E-state index in [1.165, 1.54) is 4.90 Å². The minimum Gasteiger partial charge on any atom is -0.465 e. The van der Waals surface area contributed by atoms with Crippen molar-refractivity contribution in [1.29, 1.82) is 5.41 Å². The molecule has 0 spiro atoms. The Hall–Kier alpha value is -1.29. The third-order valence-electron chi connectivity index (χ3n) is 1.97. The summed E-state index contributed by atoms with van der Waals surface area (Å²) in [7, 11) is 0. The molecule has 0 aliphatic rings. The molecule has 1 rings (SSSR count). The van der Waals surface area contributed by atoms with Crippen LogP contribution < -0.4 is 0 Å². The van der Waals surface area contributed by atoms with E-state index in [0.717, 1.165) is 12.2 Å². The van der Waals surface area contributed by atoms with Gasteiger partial charge in [0.1, 0.15) is 0 Å². The first kappa shape index (κ1) is 13.8. The molecule has 0 aliphatic carbocycles. The summed E-state index contributed by atoms with van der Waals surface area (Å²) in [4.78, 5) is 12.3. The average molecular weight is 251 g/mol. The molecule has 0 aliphatic heterocycles. The molecule has 0 unspecified atom stereocenters. The fourth-order valence-electron chi connectivity index (χ4n) is 1.22. The van der Waals surface area contributed by atoms with Crippen LogP contribution in [0.1, 0.15) is 19.8 Å². The van der Waals surface area contributed by atoms with Gasteiger partial charge in [0.05, 0.1) is 13.0 Å². The lowest BCUT2D eigenvalue weighted by Crippen LogP contribution is -2.09. The average Bonchev–Trinajstić information content (AvgIpc) is 2.29. The number of nitrogens with one attached hydrogen (secondary N) is 1. The van der Waals surface area contributed by atoms with Gasteiger partial charge in [-0.2, -0.15) is 0 Å². The van der Waals surface area contributed by atoms with Crippen LogP contribution in [0.3, 0.4) is 0 Å². The first-order chi connectivity index (χ1) is 8.18. The van der Waals surface area contributed by atoms with E-state index in [-0.39, 0.29) is 12.4 Å². The van der Waals surface area contributed by atoms with Gasteiger partial charge in [0.15, 0.2) is 0 Å². The van der Waals surface area contributed by atoms with Crippen molar-refractivity contribution in [3.63, 3.8) is 0 Å². The van der Waals surface area contributed by atoms with E-state index in [4.69, 9.17) is 10.1 Å². The number of carbonyl (C=O) groups excluding carboxylic acids is 1. The summed E-state index contributed by atoms with van der Waals surface area (Å²) in [5.41, 5.74) is 0.341. The van der Waals surface area contributed by atoms with Crippen molar-refractivity contribution in [2.45, 2.75) is 24.7 Å². The van der Waals surface area contributed by atoms with Crippen LogP contribution in [0.5, 0.6) is 0 Å². The molecule has 0 fully saturated rings. The predicted octanol–water partition coefficient (Wildman–Crippen LogP) is 3.14. The number of thioether (sulfide) groups is 1. The van der Waals surface area contributed by atoms with Crippen molar-refractivity contribution in [1.82, 2.24) is 0 Å². The van der Waals surface area contributed by atoms with Crippen molar-refractivity contribution in [2.75, 3.05) is 12.4 Å². The largest absolute Gasteiger partial charge is 0.465 e. The minimum atomic E-state index is -0.304. The third kappa shape index (κ3) is 6.79. The van der Waals surface area contributed by atoms with Gasteiger partial charge in [-0.15, -0.1) is 11.8 Å². The number of hydrogen-bond donors (Lipinski definition) is 1. The summed E-state index contributed by atoms with van der Waals surface area (Å²) >= 11 is 1.75. The standard InChI is InChI=1S/C13H17NO2S/c1-11(14)10-13(15)16-8-5-9-17-12-6-3-2-4-7-12/h2-4,6-7,14H,5,8-10H2,1H3. The van der Waals surface area contributed by atoms with Crippen LogP contribution in [0.2, 0.25) is 0 Å². The van der Waals surface area contributed by atoms with Gasteiger partial charge in [-0.05, 0) is 25.5 Å². The second-order valence-electron chi connectivity index (χ2n) is 3.69. The molecule has 0 atom stereocenters. The highest BCUT2D eigenvalue weighted by Gasteiger charge is 2.03. The Labute approximate surface area is 106 Å². The molecule has 92 valence electrons. The first-order valence-corrected chi connectivity index (χ1v) is 6.54. The van der Waals surface area contributed by atoms with Gasteiger partial charge in [0.2, 0.25) is 0 Å². The summed E-state index contributed by atoms with van der Waals surface area (Å²) in [5, 5.41) is 7.15. The van der Waals surface area contributed by atoms with Gasteiger partial charge in [0.25, 0.3) is 0 Å². The Balaban J connectivity index is 2.05. The van der Waals surface area contributed by atoms with Gasteiger partial charge < -0.3 is 10.1 Å². The molecule has 0 aromatic heterocycles. The number of rotatable bonds is 7. The zero-order chi connectivity index (χ0) is 12.5. The Morgan fingerprint density at radius 3 is 2.71 bits per heavy atom. The Bertz CT molecular complexity index is 365. The predicted molar refractivity (Wildman–Crippen MR) is 70.8 cm³/mol. The number of esters is 1. The summed E-state index contributed by atoms with van der Waals surface area (Å²) in [6.07, 6.45) is 0.939. The quantitative estimate of drug-likeness (QED) is 0.350. The maximum atomic E-state index is 11.1. The van der Waals surface area contributed by atoms with Crippen LogP contribution >= 0.6 is 11.8 Å². The highest BCUT2D eigenvalue weighted by Crippen LogP contribution is 2.17. The monoisotopic (exact) mass is 251 g/mol. The molecule has 0 heterocycles. The molecule has 0 bridgehead atoms. The zero-order valence-electron chi connectivity index (χ0n) is 9.94. The fraction of sp³-hybridized carbons (Fsp3) is 0.385. The van der Waals surface area contributed by atoms with Crippen LogP contribution in [-0.2, 0) is 9.53 Å². The molecular formula is C13H17NO2S. The van der Waals surface area contributed by atoms with E-state index >= 15 is 0 Å². The lowest BCUT2D eigenvalue weighted by atomic mass is 10.3. The van der Waals surface area contributed by atoms with Crippen LogP contribution in [0, 0.1) is 5.41 Å². The SMILES string of the molecule is CC(=N)CC(=O)OCCCSc1ccccc1. The van der Waals surface area contributed by atoms with Crippen LogP contribution in [0.15, 0.2) is 35.2 Å². The Morgan fingerprint density at radius 1 is 1.35 bits per heavy atom. The molecular weight excluding hydrogens is 234 g/mol. The molecule has 1 aromatic carbocycles. The second-order valence-corrected chi connectivity index (χ2v) is 4.86. The summed E-state index contributed by atoms with van der Waals surface area (Å²) in [6, 6.07) is 10.1. The third-order valence-corrected chi connectivity index (χ3v) is 3.07. The molecule has 17 heavy (non-hydrogen) atoms. The van der Waals surface area contributed by atoms with E-state index in [9.17, 15) is 4.79 Å². The van der Waals surface area contributed by atoms with Crippen molar-refractivity contribution in [3.05, 3.63) is 30.3 Å². The van der Waals surface area contributed by atoms with E-state index in [0.29, 0.717) is 12.3 Å². The zero-order valence-corrected chi connectivity index (χ0v) is 10.8. The lowest BCUT2D eigenvalue weighted by molar-refractivity contribution is -0.142. The number of carbonyl (C=O) groups is 1. The molecule has 1 N–H and O–H groups in total. The van der Waals surface area contributed by atoms with E-state index in [1.807, 2.05) is 18.2 Å². The molecule has 0 saturated carbocycles. The second kappa shape index (κ2) is 7.90. The summed E-state index contributed by atoms with van der Waals surface area (Å²) in [6.45, 7) is 2.04. The van der Waals surface area contributed by atoms with Crippen LogP contribution in [0.4, 0.5) is 0 Å².